The standard InChI is InChI=1S/C12H16N6O/c1-19-10-4-5-13-12(16-10)18-6-2-3-9(7-18)11-14-8-15-17-11/h4-5,8-9H,2-3,6-7H2,1H3,(H,14,15,17)/t9-/m0/s1. The van der Waals surface area contributed by atoms with Gasteiger partial charge in [-0.1, -0.05) is 0 Å². The Balaban J connectivity index is 1.77. The van der Waals surface area contributed by atoms with Crippen LogP contribution < -0.4 is 9.64 Å². The molecule has 1 aliphatic heterocycles. The summed E-state index contributed by atoms with van der Waals surface area (Å²) in [6.07, 6.45) is 5.47. The number of piperidine rings is 1. The van der Waals surface area contributed by atoms with Crippen molar-refractivity contribution in [2.45, 2.75) is 18.8 Å². The van der Waals surface area contributed by atoms with Crippen molar-refractivity contribution in [3.63, 3.8) is 0 Å². The molecule has 7 nitrogen and oxygen atoms in total. The molecule has 2 aromatic heterocycles. The molecule has 1 N–H and O–H groups in total. The Bertz CT molecular complexity index is 529. The number of methoxy groups -OCH3 is 1. The van der Waals surface area contributed by atoms with Crippen molar-refractivity contribution in [2.24, 2.45) is 0 Å². The van der Waals surface area contributed by atoms with Crippen molar-refractivity contribution in [1.29, 1.82) is 0 Å². The van der Waals surface area contributed by atoms with E-state index >= 15 is 0 Å². The van der Waals surface area contributed by atoms with Crippen LogP contribution in [0.2, 0.25) is 0 Å². The fourth-order valence-corrected chi connectivity index (χ4v) is 2.39. The molecule has 0 saturated carbocycles. The number of anilines is 1. The van der Waals surface area contributed by atoms with Crippen molar-refractivity contribution in [3.8, 4) is 5.88 Å². The third-order valence-electron chi connectivity index (χ3n) is 3.35. The van der Waals surface area contributed by atoms with Crippen LogP contribution >= 0.6 is 0 Å². The number of nitrogens with zero attached hydrogens (tertiary/aromatic N) is 5. The van der Waals surface area contributed by atoms with Crippen LogP contribution in [0.3, 0.4) is 0 Å². The van der Waals surface area contributed by atoms with Crippen LogP contribution in [0.15, 0.2) is 18.6 Å². The molecule has 0 unspecified atom stereocenters. The first-order chi connectivity index (χ1) is 9.36. The zero-order valence-corrected chi connectivity index (χ0v) is 10.8. The first kappa shape index (κ1) is 11.9. The molecule has 2 aromatic rings. The van der Waals surface area contributed by atoms with Crippen LogP contribution in [0.5, 0.6) is 5.88 Å². The number of nitrogens with one attached hydrogen (secondary N) is 1. The number of hydrogen-bond acceptors (Lipinski definition) is 6. The molecule has 0 bridgehead atoms. The summed E-state index contributed by atoms with van der Waals surface area (Å²) < 4.78 is 5.14. The van der Waals surface area contributed by atoms with E-state index < -0.39 is 0 Å². The summed E-state index contributed by atoms with van der Waals surface area (Å²) in [4.78, 5) is 15.1. The van der Waals surface area contributed by atoms with Gasteiger partial charge < -0.3 is 9.64 Å². The second-order valence-corrected chi connectivity index (χ2v) is 4.55. The number of aromatic amines is 1. The van der Waals surface area contributed by atoms with Gasteiger partial charge in [-0.25, -0.2) is 9.97 Å². The molecule has 0 spiro atoms. The quantitative estimate of drug-likeness (QED) is 0.886. The van der Waals surface area contributed by atoms with Gasteiger partial charge in [-0.05, 0) is 12.8 Å². The van der Waals surface area contributed by atoms with Gasteiger partial charge in [0.15, 0.2) is 0 Å². The van der Waals surface area contributed by atoms with Gasteiger partial charge in [-0.15, -0.1) is 0 Å². The first-order valence-corrected chi connectivity index (χ1v) is 6.34. The lowest BCUT2D eigenvalue weighted by Crippen LogP contribution is -2.35. The van der Waals surface area contributed by atoms with Gasteiger partial charge in [0.1, 0.15) is 12.2 Å². The third-order valence-corrected chi connectivity index (χ3v) is 3.35. The third kappa shape index (κ3) is 2.49. The van der Waals surface area contributed by atoms with Crippen molar-refractivity contribution in [2.75, 3.05) is 25.1 Å². The SMILES string of the molecule is COc1ccnc(N2CCC[C@H](c3ncn[nH]3)C2)n1. The molecule has 0 amide bonds. The highest BCUT2D eigenvalue weighted by Gasteiger charge is 2.25. The highest BCUT2D eigenvalue weighted by molar-refractivity contribution is 5.33. The summed E-state index contributed by atoms with van der Waals surface area (Å²) in [6.45, 7) is 1.81. The van der Waals surface area contributed by atoms with Crippen LogP contribution in [0.4, 0.5) is 5.95 Å². The van der Waals surface area contributed by atoms with Crippen molar-refractivity contribution in [3.05, 3.63) is 24.4 Å². The maximum absolute atomic E-state index is 5.14. The van der Waals surface area contributed by atoms with Gasteiger partial charge in [0, 0.05) is 31.3 Å². The average Bonchev–Trinajstić information content (AvgIpc) is 3.02. The molecule has 0 aromatic carbocycles. The van der Waals surface area contributed by atoms with E-state index in [2.05, 4.69) is 30.0 Å². The summed E-state index contributed by atoms with van der Waals surface area (Å²) >= 11 is 0. The lowest BCUT2D eigenvalue weighted by atomic mass is 9.98. The second-order valence-electron chi connectivity index (χ2n) is 4.55. The Morgan fingerprint density at radius 1 is 1.42 bits per heavy atom. The maximum atomic E-state index is 5.14. The molecule has 1 atom stereocenters. The van der Waals surface area contributed by atoms with E-state index in [1.807, 2.05) is 0 Å². The minimum absolute atomic E-state index is 0.353. The molecule has 3 rings (SSSR count). The predicted molar refractivity (Wildman–Crippen MR) is 69.2 cm³/mol. The van der Waals surface area contributed by atoms with Crippen LogP contribution in [0.1, 0.15) is 24.6 Å². The van der Waals surface area contributed by atoms with E-state index in [9.17, 15) is 0 Å². The normalized spacial score (nSPS) is 19.4. The molecule has 1 aliphatic rings. The first-order valence-electron chi connectivity index (χ1n) is 6.34. The molecular formula is C12H16N6O. The molecule has 7 heteroatoms. The van der Waals surface area contributed by atoms with E-state index in [0.29, 0.717) is 17.7 Å². The Morgan fingerprint density at radius 2 is 2.37 bits per heavy atom. The number of H-pyrrole nitrogens is 1. The second kappa shape index (κ2) is 5.21. The van der Waals surface area contributed by atoms with Crippen LogP contribution in [-0.4, -0.2) is 45.3 Å². The summed E-state index contributed by atoms with van der Waals surface area (Å²) in [5, 5.41) is 6.86. The van der Waals surface area contributed by atoms with Gasteiger partial charge in [-0.3, -0.25) is 5.10 Å². The Kier molecular flexibility index (Phi) is 3.26. The number of rotatable bonds is 3. The molecule has 1 fully saturated rings. The summed E-state index contributed by atoms with van der Waals surface area (Å²) in [5.74, 6) is 2.59. The maximum Gasteiger partial charge on any atom is 0.228 e. The predicted octanol–water partition coefficient (Wildman–Crippen LogP) is 0.987. The minimum atomic E-state index is 0.353. The molecule has 3 heterocycles. The highest BCUT2D eigenvalue weighted by Crippen LogP contribution is 2.26. The van der Waals surface area contributed by atoms with Gasteiger partial charge in [0.05, 0.1) is 7.11 Å². The van der Waals surface area contributed by atoms with Gasteiger partial charge in [0.25, 0.3) is 0 Å². The van der Waals surface area contributed by atoms with Crippen molar-refractivity contribution in [1.82, 2.24) is 25.1 Å². The molecule has 100 valence electrons. The van der Waals surface area contributed by atoms with Gasteiger partial charge in [-0.2, -0.15) is 10.1 Å². The summed E-state index contributed by atoms with van der Waals surface area (Å²) in [7, 11) is 1.61. The number of ether oxygens (including phenoxy) is 1. The lowest BCUT2D eigenvalue weighted by molar-refractivity contribution is 0.395. The smallest absolute Gasteiger partial charge is 0.228 e. The lowest BCUT2D eigenvalue weighted by Gasteiger charge is -2.31. The summed E-state index contributed by atoms with van der Waals surface area (Å²) in [5.41, 5.74) is 0. The largest absolute Gasteiger partial charge is 0.481 e. The highest BCUT2D eigenvalue weighted by atomic mass is 16.5. The van der Waals surface area contributed by atoms with Gasteiger partial charge >= 0.3 is 0 Å². The molecule has 0 radical (unpaired) electrons. The monoisotopic (exact) mass is 260 g/mol. The minimum Gasteiger partial charge on any atom is -0.481 e. The number of aromatic nitrogens is 5. The summed E-state index contributed by atoms with van der Waals surface area (Å²) in [6, 6.07) is 1.75. The van der Waals surface area contributed by atoms with E-state index in [4.69, 9.17) is 4.74 Å². The fourth-order valence-electron chi connectivity index (χ4n) is 2.39. The average molecular weight is 260 g/mol. The fraction of sp³-hybridized carbons (Fsp3) is 0.500. The zero-order valence-electron chi connectivity index (χ0n) is 10.8. The zero-order chi connectivity index (χ0) is 13.1. The van der Waals surface area contributed by atoms with Crippen LogP contribution in [-0.2, 0) is 0 Å². The van der Waals surface area contributed by atoms with E-state index in [1.54, 1.807) is 25.7 Å². The van der Waals surface area contributed by atoms with E-state index in [-0.39, 0.29) is 0 Å². The van der Waals surface area contributed by atoms with Gasteiger partial charge in [0.2, 0.25) is 11.8 Å². The molecule has 0 aliphatic carbocycles. The Hall–Kier alpha value is -2.18. The van der Waals surface area contributed by atoms with Crippen molar-refractivity contribution >= 4 is 5.95 Å². The molecule has 19 heavy (non-hydrogen) atoms. The molecule has 1 saturated heterocycles. The molecular weight excluding hydrogens is 244 g/mol. The van der Waals surface area contributed by atoms with E-state index in [0.717, 1.165) is 31.8 Å². The van der Waals surface area contributed by atoms with Crippen LogP contribution in [0, 0.1) is 0 Å². The topological polar surface area (TPSA) is 79.8 Å². The van der Waals surface area contributed by atoms with Crippen LogP contribution in [0.25, 0.3) is 0 Å². The Labute approximate surface area is 111 Å². The van der Waals surface area contributed by atoms with E-state index in [1.165, 1.54) is 0 Å². The Morgan fingerprint density at radius 3 is 3.16 bits per heavy atom. The number of hydrogen-bond donors (Lipinski definition) is 1. The van der Waals surface area contributed by atoms with Crippen molar-refractivity contribution < 1.29 is 4.74 Å².